The molecule has 2 aromatic rings. The quantitative estimate of drug-likeness (QED) is 0.874. The summed E-state index contributed by atoms with van der Waals surface area (Å²) in [6.45, 7) is 4.83. The van der Waals surface area contributed by atoms with Crippen LogP contribution >= 0.6 is 0 Å². The molecule has 17 heavy (non-hydrogen) atoms. The van der Waals surface area contributed by atoms with Gasteiger partial charge in [0.1, 0.15) is 0 Å². The average Bonchev–Trinajstić information content (AvgIpc) is 2.36. The van der Waals surface area contributed by atoms with Crippen LogP contribution in [-0.4, -0.2) is 11.5 Å². The average molecular weight is 226 g/mol. The SMILES string of the molecule is Cc1ccc([C@@H](CN)c2ccccn2)cc1C. The molecule has 88 valence electrons. The zero-order valence-corrected chi connectivity index (χ0v) is 10.4. The Kier molecular flexibility index (Phi) is 3.55. The molecule has 0 aliphatic carbocycles. The first-order valence-corrected chi connectivity index (χ1v) is 5.90. The van der Waals surface area contributed by atoms with Crippen LogP contribution in [0.15, 0.2) is 42.6 Å². The molecule has 1 heterocycles. The number of hydrogen-bond donors (Lipinski definition) is 1. The van der Waals surface area contributed by atoms with Gasteiger partial charge < -0.3 is 5.73 Å². The summed E-state index contributed by atoms with van der Waals surface area (Å²) in [6, 6.07) is 12.5. The standard InChI is InChI=1S/C15H18N2/c1-11-6-7-13(9-12(11)2)14(10-16)15-5-3-4-8-17-15/h3-9,14H,10,16H2,1-2H3/t14-/m1/s1. The smallest absolute Gasteiger partial charge is 0.0491 e. The molecule has 0 radical (unpaired) electrons. The molecule has 1 aromatic carbocycles. The van der Waals surface area contributed by atoms with E-state index in [9.17, 15) is 0 Å². The topological polar surface area (TPSA) is 38.9 Å². The molecule has 0 aliphatic rings. The van der Waals surface area contributed by atoms with E-state index in [1.807, 2.05) is 24.4 Å². The van der Waals surface area contributed by atoms with Gasteiger partial charge in [-0.25, -0.2) is 0 Å². The molecule has 0 saturated heterocycles. The van der Waals surface area contributed by atoms with Crippen molar-refractivity contribution in [2.75, 3.05) is 6.54 Å². The van der Waals surface area contributed by atoms with Crippen molar-refractivity contribution >= 4 is 0 Å². The molecule has 0 unspecified atom stereocenters. The molecular weight excluding hydrogens is 208 g/mol. The lowest BCUT2D eigenvalue weighted by atomic mass is 9.93. The van der Waals surface area contributed by atoms with Crippen molar-refractivity contribution in [3.63, 3.8) is 0 Å². The van der Waals surface area contributed by atoms with Crippen molar-refractivity contribution in [2.24, 2.45) is 5.73 Å². The number of pyridine rings is 1. The van der Waals surface area contributed by atoms with E-state index in [2.05, 4.69) is 37.0 Å². The highest BCUT2D eigenvalue weighted by atomic mass is 14.7. The zero-order chi connectivity index (χ0) is 12.3. The van der Waals surface area contributed by atoms with Gasteiger partial charge in [0.25, 0.3) is 0 Å². The number of benzene rings is 1. The lowest BCUT2D eigenvalue weighted by Gasteiger charge is -2.16. The molecule has 0 fully saturated rings. The molecule has 2 N–H and O–H groups in total. The van der Waals surface area contributed by atoms with Crippen LogP contribution < -0.4 is 5.73 Å². The third kappa shape index (κ3) is 2.53. The van der Waals surface area contributed by atoms with Gasteiger partial charge in [-0.3, -0.25) is 4.98 Å². The van der Waals surface area contributed by atoms with Gasteiger partial charge in [-0.05, 0) is 42.7 Å². The summed E-state index contributed by atoms with van der Waals surface area (Å²) >= 11 is 0. The van der Waals surface area contributed by atoms with Crippen molar-refractivity contribution < 1.29 is 0 Å². The molecule has 2 heteroatoms. The Labute approximate surface area is 103 Å². The lowest BCUT2D eigenvalue weighted by molar-refractivity contribution is 0.786. The highest BCUT2D eigenvalue weighted by molar-refractivity contribution is 5.35. The van der Waals surface area contributed by atoms with Crippen LogP contribution in [-0.2, 0) is 0 Å². The minimum absolute atomic E-state index is 0.190. The Morgan fingerprint density at radius 3 is 2.53 bits per heavy atom. The highest BCUT2D eigenvalue weighted by Gasteiger charge is 2.13. The van der Waals surface area contributed by atoms with E-state index >= 15 is 0 Å². The van der Waals surface area contributed by atoms with Crippen molar-refractivity contribution in [3.8, 4) is 0 Å². The molecule has 0 bridgehead atoms. The summed E-state index contributed by atoms with van der Waals surface area (Å²) in [5.41, 5.74) is 10.8. The Bertz CT molecular complexity index is 492. The second kappa shape index (κ2) is 5.11. The van der Waals surface area contributed by atoms with Gasteiger partial charge in [0, 0.05) is 24.4 Å². The molecule has 0 saturated carbocycles. The number of aryl methyl sites for hydroxylation is 2. The van der Waals surface area contributed by atoms with E-state index in [-0.39, 0.29) is 5.92 Å². The third-order valence-corrected chi connectivity index (χ3v) is 3.21. The fourth-order valence-corrected chi connectivity index (χ4v) is 1.99. The molecule has 2 nitrogen and oxygen atoms in total. The van der Waals surface area contributed by atoms with E-state index < -0.39 is 0 Å². The molecule has 1 atom stereocenters. The first kappa shape index (κ1) is 11.8. The van der Waals surface area contributed by atoms with Crippen molar-refractivity contribution in [1.82, 2.24) is 4.98 Å². The minimum Gasteiger partial charge on any atom is -0.329 e. The van der Waals surface area contributed by atoms with E-state index in [1.165, 1.54) is 16.7 Å². The van der Waals surface area contributed by atoms with Gasteiger partial charge in [0.15, 0.2) is 0 Å². The molecule has 0 spiro atoms. The van der Waals surface area contributed by atoms with Gasteiger partial charge in [0.2, 0.25) is 0 Å². The molecule has 2 rings (SSSR count). The maximum absolute atomic E-state index is 5.88. The van der Waals surface area contributed by atoms with Crippen LogP contribution in [0.2, 0.25) is 0 Å². The second-order valence-electron chi connectivity index (χ2n) is 4.39. The van der Waals surface area contributed by atoms with Gasteiger partial charge >= 0.3 is 0 Å². The molecule has 0 aliphatic heterocycles. The van der Waals surface area contributed by atoms with Gasteiger partial charge in [0.05, 0.1) is 0 Å². The Morgan fingerprint density at radius 1 is 1.12 bits per heavy atom. The summed E-state index contributed by atoms with van der Waals surface area (Å²) in [6.07, 6.45) is 1.82. The molecule has 1 aromatic heterocycles. The predicted octanol–water partition coefficient (Wildman–Crippen LogP) is 2.79. The van der Waals surface area contributed by atoms with Crippen molar-refractivity contribution in [2.45, 2.75) is 19.8 Å². The summed E-state index contributed by atoms with van der Waals surface area (Å²) in [5, 5.41) is 0. The lowest BCUT2D eigenvalue weighted by Crippen LogP contribution is -2.15. The predicted molar refractivity (Wildman–Crippen MR) is 71.1 cm³/mol. The van der Waals surface area contributed by atoms with Gasteiger partial charge in [-0.1, -0.05) is 24.3 Å². The summed E-state index contributed by atoms with van der Waals surface area (Å²) in [5.74, 6) is 0.190. The molecule has 0 amide bonds. The van der Waals surface area contributed by atoms with Crippen molar-refractivity contribution in [3.05, 3.63) is 65.0 Å². The number of rotatable bonds is 3. The fourth-order valence-electron chi connectivity index (χ4n) is 1.99. The van der Waals surface area contributed by atoms with Crippen LogP contribution in [0.25, 0.3) is 0 Å². The van der Waals surface area contributed by atoms with Crippen LogP contribution in [0.3, 0.4) is 0 Å². The Morgan fingerprint density at radius 2 is 1.94 bits per heavy atom. The summed E-state index contributed by atoms with van der Waals surface area (Å²) < 4.78 is 0. The van der Waals surface area contributed by atoms with E-state index in [4.69, 9.17) is 5.73 Å². The first-order chi connectivity index (χ1) is 8.22. The van der Waals surface area contributed by atoms with Gasteiger partial charge in [-0.15, -0.1) is 0 Å². The Balaban J connectivity index is 2.39. The van der Waals surface area contributed by atoms with E-state index in [0.717, 1.165) is 5.69 Å². The fraction of sp³-hybridized carbons (Fsp3) is 0.267. The number of aromatic nitrogens is 1. The van der Waals surface area contributed by atoms with E-state index in [0.29, 0.717) is 6.54 Å². The van der Waals surface area contributed by atoms with Crippen LogP contribution in [0.4, 0.5) is 0 Å². The minimum atomic E-state index is 0.190. The highest BCUT2D eigenvalue weighted by Crippen LogP contribution is 2.23. The monoisotopic (exact) mass is 226 g/mol. The number of nitrogens with zero attached hydrogens (tertiary/aromatic N) is 1. The first-order valence-electron chi connectivity index (χ1n) is 5.90. The maximum Gasteiger partial charge on any atom is 0.0491 e. The molecular formula is C15H18N2. The largest absolute Gasteiger partial charge is 0.329 e. The third-order valence-electron chi connectivity index (χ3n) is 3.21. The Hall–Kier alpha value is -1.67. The van der Waals surface area contributed by atoms with Gasteiger partial charge in [-0.2, -0.15) is 0 Å². The summed E-state index contributed by atoms with van der Waals surface area (Å²) in [4.78, 5) is 4.40. The normalized spacial score (nSPS) is 12.4. The van der Waals surface area contributed by atoms with Crippen molar-refractivity contribution in [1.29, 1.82) is 0 Å². The number of nitrogens with two attached hydrogens (primary N) is 1. The second-order valence-corrected chi connectivity index (χ2v) is 4.39. The summed E-state index contributed by atoms with van der Waals surface area (Å²) in [7, 11) is 0. The number of hydrogen-bond acceptors (Lipinski definition) is 2. The van der Waals surface area contributed by atoms with E-state index in [1.54, 1.807) is 0 Å². The zero-order valence-electron chi connectivity index (χ0n) is 10.4. The maximum atomic E-state index is 5.88. The van der Waals surface area contributed by atoms with Crippen LogP contribution in [0.1, 0.15) is 28.3 Å². The van der Waals surface area contributed by atoms with Crippen LogP contribution in [0, 0.1) is 13.8 Å². The van der Waals surface area contributed by atoms with Crippen LogP contribution in [0.5, 0.6) is 0 Å².